The molecule has 0 aliphatic heterocycles. The largest absolute Gasteiger partial charge is 0.254 e. The molecule has 0 aliphatic carbocycles. The van der Waals surface area contributed by atoms with Crippen LogP contribution in [0.5, 0.6) is 0 Å². The molecule has 0 aromatic heterocycles. The van der Waals surface area contributed by atoms with Crippen molar-refractivity contribution < 1.29 is 9.25 Å². The minimum Gasteiger partial charge on any atom is -0.254 e. The molecule has 5 heavy (non-hydrogen) atoms. The van der Waals surface area contributed by atoms with Crippen LogP contribution in [0.15, 0.2) is 0 Å². The molecule has 0 rings (SSSR count). The van der Waals surface area contributed by atoms with E-state index in [1.54, 1.807) is 0 Å². The summed E-state index contributed by atoms with van der Waals surface area (Å²) in [6.45, 7) is 0. The van der Waals surface area contributed by atoms with Crippen molar-refractivity contribution in [2.75, 3.05) is 0 Å². The fraction of sp³-hybridized carbons (Fsp3) is 0. The van der Waals surface area contributed by atoms with Gasteiger partial charge < -0.3 is 0 Å². The van der Waals surface area contributed by atoms with E-state index >= 15 is 0 Å². The summed E-state index contributed by atoms with van der Waals surface area (Å²) in [5.74, 6) is 8.89. The van der Waals surface area contributed by atoms with Crippen LogP contribution in [0.25, 0.3) is 0 Å². The maximum atomic E-state index is 4.45. The maximum absolute atomic E-state index is 4.45. The van der Waals surface area contributed by atoms with E-state index in [0.717, 1.165) is 0 Å². The lowest BCUT2D eigenvalue weighted by Gasteiger charge is -1.84. The highest BCUT2D eigenvalue weighted by Gasteiger charge is 1.66. The van der Waals surface area contributed by atoms with Crippen molar-refractivity contribution in [2.45, 2.75) is 0 Å². The SMILES string of the molecule is NOPON. The first-order valence-corrected chi connectivity index (χ1v) is 1.70. The first-order valence-electron chi connectivity index (χ1n) is 0.880. The monoisotopic (exact) mass is 96.0 g/mol. The van der Waals surface area contributed by atoms with E-state index in [-0.39, 0.29) is 9.03 Å². The van der Waals surface area contributed by atoms with E-state index in [0.29, 0.717) is 0 Å². The fourth-order valence-corrected chi connectivity index (χ4v) is 0.0833. The van der Waals surface area contributed by atoms with Gasteiger partial charge in [-0.05, 0) is 0 Å². The molecule has 0 aromatic carbocycles. The van der Waals surface area contributed by atoms with Crippen LogP contribution in [-0.2, 0) is 9.25 Å². The van der Waals surface area contributed by atoms with Gasteiger partial charge in [-0.2, -0.15) is 0 Å². The molecule has 0 heterocycles. The standard InChI is InChI=1S/H5N2O2P/c1-3-5-4-2/h5H,1-2H2. The van der Waals surface area contributed by atoms with Gasteiger partial charge in [-0.25, -0.2) is 11.8 Å². The molecule has 5 heteroatoms. The van der Waals surface area contributed by atoms with Crippen molar-refractivity contribution in [3.8, 4) is 0 Å². The second-order valence-electron chi connectivity index (χ2n) is 0.319. The van der Waals surface area contributed by atoms with Gasteiger partial charge in [0.25, 0.3) is 0 Å². The molecule has 0 radical (unpaired) electrons. The van der Waals surface area contributed by atoms with Crippen LogP contribution in [0, 0.1) is 0 Å². The van der Waals surface area contributed by atoms with Crippen LogP contribution in [0.3, 0.4) is 0 Å². The smallest absolute Gasteiger partial charge is 0.198 e. The Bertz CT molecular complexity index is 15.1. The Labute approximate surface area is 31.3 Å². The predicted molar refractivity (Wildman–Crippen MR) is 18.9 cm³/mol. The quantitative estimate of drug-likeness (QED) is 0.351. The summed E-state index contributed by atoms with van der Waals surface area (Å²) in [7, 11) is -0.247. The molecule has 0 fully saturated rings. The Kier molecular flexibility index (Phi) is 4.50. The van der Waals surface area contributed by atoms with Gasteiger partial charge in [0.05, 0.1) is 0 Å². The fourth-order valence-electron chi connectivity index (χ4n) is 0.0278. The van der Waals surface area contributed by atoms with E-state index in [1.165, 1.54) is 0 Å². The Morgan fingerprint density at radius 2 is 1.60 bits per heavy atom. The number of hydrogen-bond acceptors (Lipinski definition) is 4. The number of nitrogens with two attached hydrogens (primary N) is 2. The predicted octanol–water partition coefficient (Wildman–Crippen LogP) is -0.725. The van der Waals surface area contributed by atoms with E-state index < -0.39 is 0 Å². The third kappa shape index (κ3) is 4.27. The number of rotatable bonds is 2. The molecule has 0 atom stereocenters. The lowest BCUT2D eigenvalue weighted by molar-refractivity contribution is 0.280. The normalized spacial score (nSPS) is 8.40. The van der Waals surface area contributed by atoms with Crippen LogP contribution in [-0.4, -0.2) is 0 Å². The van der Waals surface area contributed by atoms with Gasteiger partial charge in [-0.1, -0.05) is 0 Å². The Balaban J connectivity index is 2.19. The molecular weight excluding hydrogens is 91.0 g/mol. The van der Waals surface area contributed by atoms with Crippen molar-refractivity contribution in [1.29, 1.82) is 0 Å². The Morgan fingerprint density at radius 3 is 1.60 bits per heavy atom. The molecule has 4 nitrogen and oxygen atoms in total. The first kappa shape index (κ1) is 5.27. The molecule has 32 valence electrons. The first-order chi connectivity index (χ1) is 2.41. The van der Waals surface area contributed by atoms with Gasteiger partial charge >= 0.3 is 0 Å². The van der Waals surface area contributed by atoms with E-state index in [4.69, 9.17) is 0 Å². The summed E-state index contributed by atoms with van der Waals surface area (Å²) in [6, 6.07) is 0. The summed E-state index contributed by atoms with van der Waals surface area (Å²) in [4.78, 5) is 0. The van der Waals surface area contributed by atoms with E-state index in [1.807, 2.05) is 0 Å². The molecule has 0 aliphatic rings. The topological polar surface area (TPSA) is 70.5 Å². The molecule has 0 bridgehead atoms. The van der Waals surface area contributed by atoms with Gasteiger partial charge in [0.1, 0.15) is 0 Å². The molecular formula is H5N2O2P. The summed E-state index contributed by atoms with van der Waals surface area (Å²) in [5.41, 5.74) is 0. The minimum absolute atomic E-state index is 0.247. The van der Waals surface area contributed by atoms with Crippen LogP contribution >= 0.6 is 9.03 Å². The van der Waals surface area contributed by atoms with Crippen molar-refractivity contribution in [2.24, 2.45) is 11.8 Å². The lowest BCUT2D eigenvalue weighted by atomic mass is 13.6. The van der Waals surface area contributed by atoms with Gasteiger partial charge in [0.2, 0.25) is 0 Å². The zero-order valence-electron chi connectivity index (χ0n) is 2.47. The van der Waals surface area contributed by atoms with Gasteiger partial charge in [-0.3, -0.25) is 9.25 Å². The summed E-state index contributed by atoms with van der Waals surface area (Å²) < 4.78 is 7.74. The number of hydrogen-bond donors (Lipinski definition) is 2. The molecule has 4 N–H and O–H groups in total. The Hall–Kier alpha value is 0.270. The zero-order chi connectivity index (χ0) is 4.12. The molecule has 0 amide bonds. The third-order valence-electron chi connectivity index (χ3n) is 0.0962. The van der Waals surface area contributed by atoms with Gasteiger partial charge in [0, 0.05) is 0 Å². The molecule has 0 saturated carbocycles. The average Bonchev–Trinajstić information content (AvgIpc) is 1.41. The zero-order valence-corrected chi connectivity index (χ0v) is 3.47. The summed E-state index contributed by atoms with van der Waals surface area (Å²) >= 11 is 0. The van der Waals surface area contributed by atoms with E-state index in [9.17, 15) is 0 Å². The second-order valence-corrected chi connectivity index (χ2v) is 0.957. The van der Waals surface area contributed by atoms with E-state index in [2.05, 4.69) is 21.0 Å². The Morgan fingerprint density at radius 1 is 1.20 bits per heavy atom. The van der Waals surface area contributed by atoms with Gasteiger partial charge in [-0.15, -0.1) is 0 Å². The van der Waals surface area contributed by atoms with Crippen molar-refractivity contribution >= 4 is 9.03 Å². The van der Waals surface area contributed by atoms with Crippen LogP contribution < -0.4 is 11.8 Å². The third-order valence-corrected chi connectivity index (χ3v) is 0.289. The minimum atomic E-state index is -0.247. The highest BCUT2D eigenvalue weighted by Crippen LogP contribution is 2.01. The highest BCUT2D eigenvalue weighted by atomic mass is 31.1. The summed E-state index contributed by atoms with van der Waals surface area (Å²) in [6.07, 6.45) is 0. The van der Waals surface area contributed by atoms with Crippen LogP contribution in [0.1, 0.15) is 0 Å². The molecule has 0 aromatic rings. The van der Waals surface area contributed by atoms with Crippen LogP contribution in [0.4, 0.5) is 0 Å². The average molecular weight is 96.0 g/mol. The molecule has 0 unspecified atom stereocenters. The molecule has 0 saturated heterocycles. The van der Waals surface area contributed by atoms with Crippen molar-refractivity contribution in [1.82, 2.24) is 0 Å². The van der Waals surface area contributed by atoms with Gasteiger partial charge in [0.15, 0.2) is 9.03 Å². The highest BCUT2D eigenvalue weighted by molar-refractivity contribution is 7.26. The second kappa shape index (κ2) is 4.27. The molecule has 0 spiro atoms. The van der Waals surface area contributed by atoms with Crippen molar-refractivity contribution in [3.05, 3.63) is 0 Å². The lowest BCUT2D eigenvalue weighted by Crippen LogP contribution is -1.91. The van der Waals surface area contributed by atoms with Crippen molar-refractivity contribution in [3.63, 3.8) is 0 Å². The maximum Gasteiger partial charge on any atom is 0.198 e. The van der Waals surface area contributed by atoms with Crippen LogP contribution in [0.2, 0.25) is 0 Å². The summed E-state index contributed by atoms with van der Waals surface area (Å²) in [5, 5.41) is 0.